The largest absolute Gasteiger partial charge is 0.346 e. The first-order chi connectivity index (χ1) is 10.1. The quantitative estimate of drug-likeness (QED) is 0.915. The summed E-state index contributed by atoms with van der Waals surface area (Å²) >= 11 is 0. The van der Waals surface area contributed by atoms with E-state index >= 15 is 0 Å². The van der Waals surface area contributed by atoms with E-state index in [0.717, 1.165) is 16.7 Å². The van der Waals surface area contributed by atoms with Crippen LogP contribution in [0.3, 0.4) is 0 Å². The van der Waals surface area contributed by atoms with Crippen molar-refractivity contribution in [1.29, 1.82) is 0 Å². The number of nitrogens with one attached hydrogen (secondary N) is 1. The van der Waals surface area contributed by atoms with Gasteiger partial charge < -0.3 is 5.32 Å². The Morgan fingerprint density at radius 3 is 2.00 bits per heavy atom. The van der Waals surface area contributed by atoms with Gasteiger partial charge in [-0.1, -0.05) is 54.6 Å². The van der Waals surface area contributed by atoms with E-state index in [4.69, 9.17) is 0 Å². The van der Waals surface area contributed by atoms with Crippen LogP contribution in [-0.2, 0) is 16.0 Å². The van der Waals surface area contributed by atoms with Crippen LogP contribution < -0.4 is 5.32 Å². The third-order valence-corrected chi connectivity index (χ3v) is 3.37. The highest BCUT2D eigenvalue weighted by atomic mass is 16.2. The highest BCUT2D eigenvalue weighted by Crippen LogP contribution is 2.19. The molecule has 2 aromatic rings. The van der Waals surface area contributed by atoms with Crippen LogP contribution in [0.4, 0.5) is 0 Å². The number of rotatable bonds is 5. The molecule has 3 nitrogen and oxygen atoms in total. The third kappa shape index (κ3) is 4.28. The predicted octanol–water partition coefficient (Wildman–Crippen LogP) is 2.99. The van der Waals surface area contributed by atoms with Crippen LogP contribution in [0.5, 0.6) is 0 Å². The molecule has 0 aliphatic rings. The zero-order chi connectivity index (χ0) is 15.2. The molecule has 0 bridgehead atoms. The fraction of sp³-hybridized carbons (Fsp3) is 0.222. The lowest BCUT2D eigenvalue weighted by Crippen LogP contribution is -2.40. The maximum atomic E-state index is 11.6. The summed E-state index contributed by atoms with van der Waals surface area (Å²) in [7, 11) is 0. The number of hydrogen-bond acceptors (Lipinski definition) is 2. The fourth-order valence-electron chi connectivity index (χ4n) is 2.24. The summed E-state index contributed by atoms with van der Waals surface area (Å²) in [5, 5.41) is 2.69. The Morgan fingerprint density at radius 2 is 1.48 bits per heavy atom. The van der Waals surface area contributed by atoms with Crippen LogP contribution in [0.25, 0.3) is 11.1 Å². The van der Waals surface area contributed by atoms with E-state index in [2.05, 4.69) is 17.4 Å². The smallest absolute Gasteiger partial charge is 0.217 e. The fourth-order valence-corrected chi connectivity index (χ4v) is 2.24. The minimum Gasteiger partial charge on any atom is -0.346 e. The Bertz CT molecular complexity index is 617. The third-order valence-electron chi connectivity index (χ3n) is 3.37. The minimum atomic E-state index is -0.454. The molecule has 0 saturated heterocycles. The monoisotopic (exact) mass is 281 g/mol. The number of benzene rings is 2. The van der Waals surface area contributed by atoms with E-state index in [0.29, 0.717) is 6.42 Å². The Hall–Kier alpha value is -2.42. The van der Waals surface area contributed by atoms with E-state index in [9.17, 15) is 9.59 Å². The van der Waals surface area contributed by atoms with Gasteiger partial charge >= 0.3 is 0 Å². The van der Waals surface area contributed by atoms with Crippen molar-refractivity contribution < 1.29 is 9.59 Å². The van der Waals surface area contributed by atoms with Gasteiger partial charge in [0.15, 0.2) is 5.78 Å². The summed E-state index contributed by atoms with van der Waals surface area (Å²) in [6.07, 6.45) is 0.518. The van der Waals surface area contributed by atoms with Crippen LogP contribution in [0.15, 0.2) is 54.6 Å². The Balaban J connectivity index is 2.11. The first kappa shape index (κ1) is 15.0. The van der Waals surface area contributed by atoms with Gasteiger partial charge in [0.2, 0.25) is 5.91 Å². The maximum Gasteiger partial charge on any atom is 0.217 e. The lowest BCUT2D eigenvalue weighted by atomic mass is 9.99. The number of Topliss-reactive ketones (excluding diaryl/α,β-unsaturated/α-hetero) is 1. The second kappa shape index (κ2) is 6.84. The van der Waals surface area contributed by atoms with Gasteiger partial charge in [-0.2, -0.15) is 0 Å². The SMILES string of the molecule is CC(=O)NC(Cc1ccc(-c2ccccc2)cc1)C(C)=O. The molecule has 1 N–H and O–H groups in total. The molecule has 2 rings (SSSR count). The van der Waals surface area contributed by atoms with E-state index in [1.54, 1.807) is 0 Å². The summed E-state index contributed by atoms with van der Waals surface area (Å²) in [4.78, 5) is 22.7. The van der Waals surface area contributed by atoms with Gasteiger partial charge in [0.25, 0.3) is 0 Å². The Labute approximate surface area is 125 Å². The topological polar surface area (TPSA) is 46.2 Å². The lowest BCUT2D eigenvalue weighted by Gasteiger charge is -2.15. The number of hydrogen-bond donors (Lipinski definition) is 1. The van der Waals surface area contributed by atoms with Gasteiger partial charge in [-0.05, 0) is 30.0 Å². The molecule has 1 amide bonds. The zero-order valence-corrected chi connectivity index (χ0v) is 12.3. The second-order valence-electron chi connectivity index (χ2n) is 5.13. The van der Waals surface area contributed by atoms with Crippen molar-refractivity contribution >= 4 is 11.7 Å². The molecular weight excluding hydrogens is 262 g/mol. The van der Waals surface area contributed by atoms with E-state index in [1.807, 2.05) is 42.5 Å². The predicted molar refractivity (Wildman–Crippen MR) is 83.9 cm³/mol. The molecule has 0 aliphatic carbocycles. The van der Waals surface area contributed by atoms with Crippen LogP contribution >= 0.6 is 0 Å². The molecule has 108 valence electrons. The molecule has 21 heavy (non-hydrogen) atoms. The van der Waals surface area contributed by atoms with Crippen LogP contribution in [0.2, 0.25) is 0 Å². The summed E-state index contributed by atoms with van der Waals surface area (Å²) in [5.41, 5.74) is 3.33. The van der Waals surface area contributed by atoms with Crippen molar-refractivity contribution in [3.05, 3.63) is 60.2 Å². The van der Waals surface area contributed by atoms with E-state index < -0.39 is 6.04 Å². The second-order valence-corrected chi connectivity index (χ2v) is 5.13. The first-order valence-electron chi connectivity index (χ1n) is 6.98. The molecule has 0 radical (unpaired) electrons. The molecular formula is C18H19NO2. The van der Waals surface area contributed by atoms with Crippen molar-refractivity contribution in [2.45, 2.75) is 26.3 Å². The number of carbonyl (C=O) groups excluding carboxylic acids is 2. The summed E-state index contributed by atoms with van der Waals surface area (Å²) in [5.74, 6) is -0.214. The maximum absolute atomic E-state index is 11.6. The first-order valence-corrected chi connectivity index (χ1v) is 6.98. The minimum absolute atomic E-state index is 0.0302. The van der Waals surface area contributed by atoms with E-state index in [1.165, 1.54) is 13.8 Å². The molecule has 3 heteroatoms. The molecule has 0 aromatic heterocycles. The summed E-state index contributed by atoms with van der Waals surface area (Å²) < 4.78 is 0. The lowest BCUT2D eigenvalue weighted by molar-refractivity contribution is -0.125. The molecule has 2 aromatic carbocycles. The van der Waals surface area contributed by atoms with Crippen molar-refractivity contribution in [3.63, 3.8) is 0 Å². The van der Waals surface area contributed by atoms with Gasteiger partial charge in [0.05, 0.1) is 6.04 Å². The number of ketones is 1. The van der Waals surface area contributed by atoms with Crippen molar-refractivity contribution in [1.82, 2.24) is 5.32 Å². The van der Waals surface area contributed by atoms with Crippen LogP contribution in [0, 0.1) is 0 Å². The highest BCUT2D eigenvalue weighted by molar-refractivity contribution is 5.86. The Morgan fingerprint density at radius 1 is 0.905 bits per heavy atom. The van der Waals surface area contributed by atoms with Crippen molar-refractivity contribution in [2.75, 3.05) is 0 Å². The molecule has 1 unspecified atom stereocenters. The van der Waals surface area contributed by atoms with Crippen LogP contribution in [0.1, 0.15) is 19.4 Å². The summed E-state index contributed by atoms with van der Waals surface area (Å²) in [6.45, 7) is 2.92. The number of carbonyl (C=O) groups is 2. The number of amides is 1. The molecule has 1 atom stereocenters. The van der Waals surface area contributed by atoms with Gasteiger partial charge in [-0.3, -0.25) is 9.59 Å². The van der Waals surface area contributed by atoms with Gasteiger partial charge in [0, 0.05) is 6.92 Å². The molecule has 0 spiro atoms. The van der Waals surface area contributed by atoms with E-state index in [-0.39, 0.29) is 11.7 Å². The zero-order valence-electron chi connectivity index (χ0n) is 12.3. The van der Waals surface area contributed by atoms with Crippen LogP contribution in [-0.4, -0.2) is 17.7 Å². The van der Waals surface area contributed by atoms with Gasteiger partial charge in [-0.15, -0.1) is 0 Å². The van der Waals surface area contributed by atoms with Crippen molar-refractivity contribution in [3.8, 4) is 11.1 Å². The highest BCUT2D eigenvalue weighted by Gasteiger charge is 2.15. The van der Waals surface area contributed by atoms with Gasteiger partial charge in [0.1, 0.15) is 0 Å². The normalized spacial score (nSPS) is 11.7. The molecule has 0 saturated carbocycles. The average molecular weight is 281 g/mol. The molecule has 0 heterocycles. The Kier molecular flexibility index (Phi) is 4.88. The standard InChI is InChI=1S/C18H19NO2/c1-13(20)18(19-14(2)21)12-15-8-10-17(11-9-15)16-6-4-3-5-7-16/h3-11,18H,12H2,1-2H3,(H,19,21). The van der Waals surface area contributed by atoms with Gasteiger partial charge in [-0.25, -0.2) is 0 Å². The summed E-state index contributed by atoms with van der Waals surface area (Å²) in [6, 6.07) is 17.7. The molecule has 0 aliphatic heterocycles. The van der Waals surface area contributed by atoms with Crippen molar-refractivity contribution in [2.24, 2.45) is 0 Å². The molecule has 0 fully saturated rings. The average Bonchev–Trinajstić information content (AvgIpc) is 2.48.